The fourth-order valence-electron chi connectivity index (χ4n) is 2.18. The first-order valence-electron chi connectivity index (χ1n) is 6.42. The lowest BCUT2D eigenvalue weighted by molar-refractivity contribution is -0.884. The Balaban J connectivity index is 2.25. The Morgan fingerprint density at radius 2 is 1.84 bits per heavy atom. The van der Waals surface area contributed by atoms with Gasteiger partial charge in [0, 0.05) is 12.7 Å². The molecular formula is C16H20N3+. The fraction of sp³-hybridized carbons (Fsp3) is 0.312. The van der Waals surface area contributed by atoms with Crippen molar-refractivity contribution in [2.45, 2.75) is 13.1 Å². The molecule has 0 radical (unpaired) electrons. The van der Waals surface area contributed by atoms with E-state index in [1.54, 1.807) is 0 Å². The number of nitrogens with zero attached hydrogens (tertiary/aromatic N) is 3. The van der Waals surface area contributed by atoms with Crippen LogP contribution in [-0.2, 0) is 13.1 Å². The average Bonchev–Trinajstić information content (AvgIpc) is 2.75. The molecule has 0 saturated carbocycles. The number of hydrogen-bond acceptors (Lipinski definition) is 1. The topological polar surface area (TPSA) is 28.7 Å². The minimum absolute atomic E-state index is 0.756. The van der Waals surface area contributed by atoms with E-state index in [4.69, 9.17) is 5.26 Å². The van der Waals surface area contributed by atoms with Crippen molar-refractivity contribution < 1.29 is 4.48 Å². The number of hydrogen-bond donors (Lipinski definition) is 0. The lowest BCUT2D eigenvalue weighted by Gasteiger charge is -2.24. The lowest BCUT2D eigenvalue weighted by Crippen LogP contribution is -2.34. The van der Waals surface area contributed by atoms with Crippen LogP contribution in [0.4, 0.5) is 0 Å². The van der Waals surface area contributed by atoms with Crippen molar-refractivity contribution in [1.29, 1.82) is 5.26 Å². The summed E-state index contributed by atoms with van der Waals surface area (Å²) in [7, 11) is 6.54. The summed E-state index contributed by atoms with van der Waals surface area (Å²) in [5, 5.41) is 9.14. The highest BCUT2D eigenvalue weighted by Crippen LogP contribution is 2.14. The second kappa shape index (κ2) is 5.29. The zero-order valence-electron chi connectivity index (χ0n) is 11.8. The smallest absolute Gasteiger partial charge is 0.119 e. The summed E-state index contributed by atoms with van der Waals surface area (Å²) in [6.07, 6.45) is 2.08. The Morgan fingerprint density at radius 3 is 2.53 bits per heavy atom. The monoisotopic (exact) mass is 254 g/mol. The summed E-state index contributed by atoms with van der Waals surface area (Å²) in [5.41, 5.74) is 3.12. The molecule has 1 aromatic carbocycles. The van der Waals surface area contributed by atoms with E-state index in [1.807, 2.05) is 24.3 Å². The molecule has 0 atom stereocenters. The van der Waals surface area contributed by atoms with Gasteiger partial charge in [0.1, 0.15) is 6.54 Å². The molecule has 1 aromatic heterocycles. The van der Waals surface area contributed by atoms with Crippen molar-refractivity contribution in [2.75, 3.05) is 21.1 Å². The Kier molecular flexibility index (Phi) is 3.73. The van der Waals surface area contributed by atoms with Gasteiger partial charge in [-0.1, -0.05) is 18.2 Å². The van der Waals surface area contributed by atoms with Gasteiger partial charge < -0.3 is 9.05 Å². The van der Waals surface area contributed by atoms with Crippen LogP contribution in [0.1, 0.15) is 16.8 Å². The van der Waals surface area contributed by atoms with E-state index in [-0.39, 0.29) is 0 Å². The van der Waals surface area contributed by atoms with Crippen LogP contribution in [0.15, 0.2) is 42.6 Å². The van der Waals surface area contributed by atoms with Crippen molar-refractivity contribution in [3.63, 3.8) is 0 Å². The number of nitriles is 1. The van der Waals surface area contributed by atoms with Gasteiger partial charge in [-0.05, 0) is 23.8 Å². The van der Waals surface area contributed by atoms with Crippen LogP contribution < -0.4 is 0 Å². The second-order valence-electron chi connectivity index (χ2n) is 5.84. The largest absolute Gasteiger partial charge is 0.342 e. The Bertz CT molecular complexity index is 597. The van der Waals surface area contributed by atoms with E-state index in [1.165, 1.54) is 5.69 Å². The second-order valence-corrected chi connectivity index (χ2v) is 5.84. The highest BCUT2D eigenvalue weighted by molar-refractivity contribution is 5.37. The molecule has 3 nitrogen and oxygen atoms in total. The van der Waals surface area contributed by atoms with Crippen LogP contribution in [0.2, 0.25) is 0 Å². The number of benzene rings is 1. The first-order chi connectivity index (χ1) is 8.99. The zero-order chi connectivity index (χ0) is 13.9. The quantitative estimate of drug-likeness (QED) is 0.771. The molecule has 0 aliphatic rings. The van der Waals surface area contributed by atoms with Crippen LogP contribution in [0, 0.1) is 11.3 Å². The first kappa shape index (κ1) is 13.4. The highest BCUT2D eigenvalue weighted by atomic mass is 15.3. The molecule has 0 bridgehead atoms. The standard InChI is InChI=1S/C16H20N3/c1-19(2,3)13-16-9-6-10-18(16)12-15-8-5-4-7-14(15)11-17/h4-10H,12-13H2,1-3H3/q+1. The van der Waals surface area contributed by atoms with E-state index in [0.717, 1.165) is 28.7 Å². The molecule has 98 valence electrons. The molecule has 0 fully saturated rings. The Labute approximate surface area is 114 Å². The van der Waals surface area contributed by atoms with Crippen LogP contribution in [0.25, 0.3) is 0 Å². The van der Waals surface area contributed by atoms with Crippen molar-refractivity contribution in [2.24, 2.45) is 0 Å². The molecule has 19 heavy (non-hydrogen) atoms. The minimum Gasteiger partial charge on any atom is -0.342 e. The van der Waals surface area contributed by atoms with Crippen LogP contribution in [0.5, 0.6) is 0 Å². The van der Waals surface area contributed by atoms with Crippen molar-refractivity contribution in [3.05, 3.63) is 59.4 Å². The molecular weight excluding hydrogens is 234 g/mol. The third kappa shape index (κ3) is 3.46. The van der Waals surface area contributed by atoms with Crippen molar-refractivity contribution in [3.8, 4) is 6.07 Å². The SMILES string of the molecule is C[N+](C)(C)Cc1cccn1Cc1ccccc1C#N. The maximum Gasteiger partial charge on any atom is 0.119 e. The van der Waals surface area contributed by atoms with E-state index in [0.29, 0.717) is 0 Å². The molecule has 0 spiro atoms. The lowest BCUT2D eigenvalue weighted by atomic mass is 10.1. The molecule has 0 unspecified atom stereocenters. The summed E-state index contributed by atoms with van der Waals surface area (Å²) < 4.78 is 3.11. The fourth-order valence-corrected chi connectivity index (χ4v) is 2.18. The van der Waals surface area contributed by atoms with Gasteiger partial charge in [0.05, 0.1) is 38.5 Å². The summed E-state index contributed by atoms with van der Waals surface area (Å²) in [5.74, 6) is 0. The molecule has 0 aliphatic heterocycles. The van der Waals surface area contributed by atoms with Crippen LogP contribution in [-0.4, -0.2) is 30.2 Å². The molecule has 1 heterocycles. The minimum atomic E-state index is 0.756. The molecule has 2 aromatic rings. The van der Waals surface area contributed by atoms with Crippen molar-refractivity contribution >= 4 is 0 Å². The third-order valence-electron chi connectivity index (χ3n) is 3.04. The highest BCUT2D eigenvalue weighted by Gasteiger charge is 2.12. The van der Waals surface area contributed by atoms with E-state index < -0.39 is 0 Å². The molecule has 0 aliphatic carbocycles. The van der Waals surface area contributed by atoms with Gasteiger partial charge in [-0.25, -0.2) is 0 Å². The Morgan fingerprint density at radius 1 is 1.11 bits per heavy atom. The van der Waals surface area contributed by atoms with Gasteiger partial charge in [0.2, 0.25) is 0 Å². The molecule has 3 heteroatoms. The molecule has 2 rings (SSSR count). The zero-order valence-corrected chi connectivity index (χ0v) is 11.8. The normalized spacial score (nSPS) is 11.3. The van der Waals surface area contributed by atoms with E-state index in [2.05, 4.69) is 50.1 Å². The predicted molar refractivity (Wildman–Crippen MR) is 76.4 cm³/mol. The maximum absolute atomic E-state index is 9.14. The van der Waals surface area contributed by atoms with Gasteiger partial charge in [-0.15, -0.1) is 0 Å². The molecule has 0 saturated heterocycles. The summed E-state index contributed by atoms with van der Waals surface area (Å²) in [4.78, 5) is 0. The summed E-state index contributed by atoms with van der Waals surface area (Å²) in [6.45, 7) is 1.73. The van der Waals surface area contributed by atoms with Gasteiger partial charge in [-0.3, -0.25) is 0 Å². The van der Waals surface area contributed by atoms with E-state index in [9.17, 15) is 0 Å². The van der Waals surface area contributed by atoms with Gasteiger partial charge in [0.15, 0.2) is 0 Å². The number of aromatic nitrogens is 1. The van der Waals surface area contributed by atoms with Gasteiger partial charge in [0.25, 0.3) is 0 Å². The van der Waals surface area contributed by atoms with E-state index >= 15 is 0 Å². The van der Waals surface area contributed by atoms with Crippen LogP contribution in [0.3, 0.4) is 0 Å². The van der Waals surface area contributed by atoms with Crippen LogP contribution >= 0.6 is 0 Å². The maximum atomic E-state index is 9.14. The number of quaternary nitrogens is 1. The molecule has 0 amide bonds. The first-order valence-corrected chi connectivity index (χ1v) is 6.42. The van der Waals surface area contributed by atoms with Crippen molar-refractivity contribution in [1.82, 2.24) is 4.57 Å². The van der Waals surface area contributed by atoms with Gasteiger partial charge in [-0.2, -0.15) is 5.26 Å². The van der Waals surface area contributed by atoms with Gasteiger partial charge >= 0.3 is 0 Å². The summed E-state index contributed by atoms with van der Waals surface area (Å²) in [6, 6.07) is 14.3. The summed E-state index contributed by atoms with van der Waals surface area (Å²) >= 11 is 0. The predicted octanol–water partition coefficient (Wildman–Crippen LogP) is 2.61. The number of rotatable bonds is 4. The third-order valence-corrected chi connectivity index (χ3v) is 3.04. The molecule has 0 N–H and O–H groups in total. The Hall–Kier alpha value is -2.05. The average molecular weight is 254 g/mol.